The van der Waals surface area contributed by atoms with Gasteiger partial charge in [-0.05, 0) is 68.4 Å². The average Bonchev–Trinajstić information content (AvgIpc) is 3.65. The highest BCUT2D eigenvalue weighted by Gasteiger charge is 2.51. The molecule has 7 heteroatoms. The normalized spacial score (nSPS) is 26.1. The minimum Gasteiger partial charge on any atom is -0.487 e. The molecule has 0 saturated heterocycles. The van der Waals surface area contributed by atoms with Crippen molar-refractivity contribution in [3.63, 3.8) is 0 Å². The highest BCUT2D eigenvalue weighted by Crippen LogP contribution is 2.52. The molecular weight excluding hydrogens is 464 g/mol. The number of nitrogens with zero attached hydrogens (tertiary/aromatic N) is 2. The van der Waals surface area contributed by atoms with Gasteiger partial charge in [0.1, 0.15) is 11.4 Å². The van der Waals surface area contributed by atoms with E-state index in [9.17, 15) is 9.59 Å². The van der Waals surface area contributed by atoms with Gasteiger partial charge in [-0.1, -0.05) is 44.5 Å². The Hall–Kier alpha value is -3.35. The lowest BCUT2D eigenvalue weighted by atomic mass is 9.91. The van der Waals surface area contributed by atoms with Gasteiger partial charge in [-0.3, -0.25) is 14.5 Å². The maximum absolute atomic E-state index is 13.4. The number of carbonyl (C=O) groups excluding carboxylic acids is 2. The topological polar surface area (TPSA) is 97.0 Å². The van der Waals surface area contributed by atoms with E-state index in [1.807, 2.05) is 45.0 Å². The fraction of sp³-hybridized carbons (Fsp3) is 0.500. The molecule has 4 heterocycles. The molecule has 1 fully saturated rings. The van der Waals surface area contributed by atoms with E-state index in [1.54, 1.807) is 4.90 Å². The van der Waals surface area contributed by atoms with Crippen molar-refractivity contribution in [1.82, 2.24) is 10.2 Å². The minimum absolute atomic E-state index is 0.0110. The van der Waals surface area contributed by atoms with Crippen LogP contribution in [-0.2, 0) is 11.2 Å². The average molecular weight is 503 g/mol. The Morgan fingerprint density at radius 3 is 2.68 bits per heavy atom. The summed E-state index contributed by atoms with van der Waals surface area (Å²) in [6.07, 6.45) is 6.98. The Balaban J connectivity index is 0.00000137. The predicted octanol–water partition coefficient (Wildman–Crippen LogP) is 5.20. The Labute approximate surface area is 219 Å². The summed E-state index contributed by atoms with van der Waals surface area (Å²) in [5.74, 6) is 1.04. The van der Waals surface area contributed by atoms with Gasteiger partial charge in [-0.2, -0.15) is 0 Å². The maximum Gasteiger partial charge on any atom is 0.251 e. The molecular formula is C30H38N4O3. The van der Waals surface area contributed by atoms with Crippen LogP contribution in [0, 0.1) is 0 Å². The summed E-state index contributed by atoms with van der Waals surface area (Å²) in [7, 11) is 0. The summed E-state index contributed by atoms with van der Waals surface area (Å²) in [4.78, 5) is 32.7. The molecule has 2 unspecified atom stereocenters. The van der Waals surface area contributed by atoms with Crippen LogP contribution in [0.2, 0.25) is 0 Å². The quantitative estimate of drug-likeness (QED) is 0.517. The van der Waals surface area contributed by atoms with Crippen LogP contribution in [0.1, 0.15) is 105 Å². The van der Waals surface area contributed by atoms with Crippen LogP contribution in [-0.4, -0.2) is 34.3 Å². The number of fused-ring (bicyclic) bond motifs is 5. The van der Waals surface area contributed by atoms with Crippen molar-refractivity contribution in [3.8, 4) is 5.75 Å². The number of guanidine groups is 1. The van der Waals surface area contributed by atoms with Crippen LogP contribution in [0.5, 0.6) is 5.75 Å². The smallest absolute Gasteiger partial charge is 0.251 e. The van der Waals surface area contributed by atoms with Gasteiger partial charge >= 0.3 is 0 Å². The lowest BCUT2D eigenvalue weighted by Crippen LogP contribution is -2.48. The number of hydrogen-bond donors (Lipinski definition) is 2. The molecule has 2 aromatic carbocycles. The number of carbonyl (C=O) groups is 2. The summed E-state index contributed by atoms with van der Waals surface area (Å²) in [5.41, 5.74) is 9.89. The third-order valence-electron chi connectivity index (χ3n) is 7.98. The van der Waals surface area contributed by atoms with Crippen molar-refractivity contribution in [2.24, 2.45) is 10.7 Å². The van der Waals surface area contributed by atoms with E-state index in [-0.39, 0.29) is 41.5 Å². The fourth-order valence-electron chi connectivity index (χ4n) is 5.79. The molecule has 3 atom stereocenters. The van der Waals surface area contributed by atoms with Gasteiger partial charge in [0.15, 0.2) is 5.96 Å². The largest absolute Gasteiger partial charge is 0.487 e. The van der Waals surface area contributed by atoms with Gasteiger partial charge in [-0.25, -0.2) is 4.99 Å². The van der Waals surface area contributed by atoms with Crippen molar-refractivity contribution >= 4 is 17.8 Å². The molecule has 0 radical (unpaired) electrons. The van der Waals surface area contributed by atoms with E-state index in [0.717, 1.165) is 61.8 Å². The lowest BCUT2D eigenvalue weighted by Gasteiger charge is -2.34. The van der Waals surface area contributed by atoms with Crippen LogP contribution >= 0.6 is 0 Å². The molecule has 37 heavy (non-hydrogen) atoms. The molecule has 2 aromatic rings. The monoisotopic (exact) mass is 502 g/mol. The molecule has 7 rings (SSSR count). The number of nitrogens with one attached hydrogen (secondary N) is 1. The van der Waals surface area contributed by atoms with E-state index in [4.69, 9.17) is 10.5 Å². The van der Waals surface area contributed by atoms with Crippen molar-refractivity contribution in [3.05, 3.63) is 64.7 Å². The highest BCUT2D eigenvalue weighted by atomic mass is 16.5. The molecule has 196 valence electrons. The zero-order valence-corrected chi connectivity index (χ0v) is 22.1. The van der Waals surface area contributed by atoms with E-state index in [2.05, 4.69) is 28.5 Å². The lowest BCUT2D eigenvalue weighted by molar-refractivity contribution is -0.130. The first-order valence-electron chi connectivity index (χ1n) is 13.8. The number of aryl methyl sites for hydroxylation is 1. The second kappa shape index (κ2) is 10.2. The standard InChI is InChI=1S/C28H32N4O3.C2H6/c1-17-19-6-4-7-20(14-19)26(34)31-23-16-28(11-12-28)35-24-10-9-18(13-22(23)24)5-2-3-8-21-15-25(33)32(17)27(29)30-21;1-2/h4,6-7,9-10,13-14,17,21,23H,2-3,5,8,11-12,15-16H2,1H3,(H2,29,30)(H,31,34);1-2H3/t17-,21?,23?;/m1./s1. The summed E-state index contributed by atoms with van der Waals surface area (Å²) < 4.78 is 6.36. The molecule has 5 aliphatic rings. The molecule has 1 spiro atoms. The number of rotatable bonds is 0. The third kappa shape index (κ3) is 5.09. The SMILES string of the molecule is CC.C[C@@H]1c2cccc(c2)C(=O)NC2CC3(CC3)Oc3ccc(cc32)CCCCC2CC(=O)N1C(N)=N2. The van der Waals surface area contributed by atoms with Crippen LogP contribution in [0.25, 0.3) is 0 Å². The zero-order chi connectivity index (χ0) is 26.2. The molecule has 0 aromatic heterocycles. The molecule has 2 amide bonds. The van der Waals surface area contributed by atoms with Crippen LogP contribution in [0.4, 0.5) is 0 Å². The number of amides is 2. The number of benzene rings is 2. The molecule has 3 N–H and O–H groups in total. The summed E-state index contributed by atoms with van der Waals surface area (Å²) in [6, 6.07) is 13.4. The predicted molar refractivity (Wildman–Crippen MR) is 144 cm³/mol. The first-order chi connectivity index (χ1) is 17.9. The molecule has 1 aliphatic carbocycles. The van der Waals surface area contributed by atoms with Gasteiger partial charge in [-0.15, -0.1) is 0 Å². The minimum atomic E-state index is -0.306. The van der Waals surface area contributed by atoms with Crippen LogP contribution < -0.4 is 15.8 Å². The molecule has 4 aliphatic heterocycles. The van der Waals surface area contributed by atoms with Crippen LogP contribution in [0.3, 0.4) is 0 Å². The van der Waals surface area contributed by atoms with E-state index < -0.39 is 0 Å². The molecule has 1 saturated carbocycles. The molecule has 7 nitrogen and oxygen atoms in total. The van der Waals surface area contributed by atoms with Crippen molar-refractivity contribution in [2.75, 3.05) is 0 Å². The van der Waals surface area contributed by atoms with E-state index in [1.165, 1.54) is 5.56 Å². The van der Waals surface area contributed by atoms with Gasteiger partial charge in [0, 0.05) is 24.0 Å². The Bertz CT molecular complexity index is 1220. The van der Waals surface area contributed by atoms with Gasteiger partial charge in [0.05, 0.1) is 18.1 Å². The van der Waals surface area contributed by atoms with Crippen LogP contribution in [0.15, 0.2) is 47.5 Å². The second-order valence-electron chi connectivity index (χ2n) is 10.5. The second-order valence-corrected chi connectivity index (χ2v) is 10.5. The summed E-state index contributed by atoms with van der Waals surface area (Å²) >= 11 is 0. The van der Waals surface area contributed by atoms with E-state index >= 15 is 0 Å². The van der Waals surface area contributed by atoms with Gasteiger partial charge in [0.25, 0.3) is 5.91 Å². The van der Waals surface area contributed by atoms with Crippen molar-refractivity contribution < 1.29 is 14.3 Å². The first-order valence-corrected chi connectivity index (χ1v) is 13.8. The van der Waals surface area contributed by atoms with Gasteiger partial charge < -0.3 is 15.8 Å². The Morgan fingerprint density at radius 1 is 1.11 bits per heavy atom. The number of hydrogen-bond acceptors (Lipinski definition) is 5. The third-order valence-corrected chi connectivity index (χ3v) is 7.98. The number of ether oxygens (including phenoxy) is 1. The Kier molecular flexibility index (Phi) is 6.97. The Morgan fingerprint density at radius 2 is 1.92 bits per heavy atom. The maximum atomic E-state index is 13.4. The summed E-state index contributed by atoms with van der Waals surface area (Å²) in [5, 5.41) is 3.29. The first kappa shape index (κ1) is 25.3. The van der Waals surface area contributed by atoms with Crippen molar-refractivity contribution in [2.45, 2.75) is 95.9 Å². The van der Waals surface area contributed by atoms with E-state index in [0.29, 0.717) is 12.0 Å². The fourth-order valence-corrected chi connectivity index (χ4v) is 5.79. The number of nitrogens with two attached hydrogens (primary N) is 1. The van der Waals surface area contributed by atoms with Gasteiger partial charge in [0.2, 0.25) is 5.91 Å². The summed E-state index contributed by atoms with van der Waals surface area (Å²) in [6.45, 7) is 5.93. The highest BCUT2D eigenvalue weighted by molar-refractivity contribution is 5.99. The number of aliphatic imine (C=N–C) groups is 1. The zero-order valence-electron chi connectivity index (χ0n) is 22.1. The van der Waals surface area contributed by atoms with Crippen molar-refractivity contribution in [1.29, 1.82) is 0 Å². The molecule has 6 bridgehead atoms.